The summed E-state index contributed by atoms with van der Waals surface area (Å²) in [7, 11) is 3.27. The van der Waals surface area contributed by atoms with Crippen LogP contribution in [0.3, 0.4) is 0 Å². The quantitative estimate of drug-likeness (QED) is 0.907. The molecule has 0 atom stereocenters. The summed E-state index contributed by atoms with van der Waals surface area (Å²) in [6.45, 7) is 7.93. The fraction of sp³-hybridized carbons (Fsp3) is 0.562. The summed E-state index contributed by atoms with van der Waals surface area (Å²) in [5.41, 5.74) is 1.50. The van der Waals surface area contributed by atoms with Crippen LogP contribution in [-0.4, -0.2) is 32.5 Å². The van der Waals surface area contributed by atoms with Gasteiger partial charge in [-0.05, 0) is 57.4 Å². The van der Waals surface area contributed by atoms with Gasteiger partial charge < -0.3 is 19.5 Å². The van der Waals surface area contributed by atoms with Crippen molar-refractivity contribution in [1.82, 2.24) is 5.32 Å². The largest absolute Gasteiger partial charge is 0.496 e. The first-order valence-electron chi connectivity index (χ1n) is 6.95. The molecule has 0 unspecified atom stereocenters. The van der Waals surface area contributed by atoms with Crippen LogP contribution in [0.15, 0.2) is 12.1 Å². The van der Waals surface area contributed by atoms with E-state index in [1.165, 1.54) is 0 Å². The normalized spacial score (nSPS) is 11.0. The number of rotatable bonds is 5. The number of nitrogens with one attached hydrogen (secondary N) is 1. The molecule has 0 aromatic heterocycles. The molecule has 1 aromatic rings. The van der Waals surface area contributed by atoms with E-state index in [9.17, 15) is 4.79 Å². The maximum atomic E-state index is 11.6. The van der Waals surface area contributed by atoms with Crippen molar-refractivity contribution in [2.45, 2.75) is 39.7 Å². The summed E-state index contributed by atoms with van der Waals surface area (Å²) in [5, 5.41) is 2.73. The van der Waals surface area contributed by atoms with E-state index in [0.29, 0.717) is 13.0 Å². The number of carbonyl (C=O) groups is 1. The van der Waals surface area contributed by atoms with Gasteiger partial charge in [0.15, 0.2) is 0 Å². The molecule has 5 heteroatoms. The highest BCUT2D eigenvalue weighted by Crippen LogP contribution is 2.28. The van der Waals surface area contributed by atoms with Crippen LogP contribution < -0.4 is 14.8 Å². The number of aryl methyl sites for hydroxylation is 1. The molecule has 118 valence electrons. The first-order chi connectivity index (χ1) is 9.76. The third-order valence-electron chi connectivity index (χ3n) is 2.86. The molecule has 1 amide bonds. The summed E-state index contributed by atoms with van der Waals surface area (Å²) in [4.78, 5) is 11.6. The van der Waals surface area contributed by atoms with Crippen LogP contribution in [0, 0.1) is 6.92 Å². The van der Waals surface area contributed by atoms with Crippen molar-refractivity contribution >= 4 is 6.09 Å². The van der Waals surface area contributed by atoms with Crippen molar-refractivity contribution in [3.05, 3.63) is 23.3 Å². The average Bonchev–Trinajstić information content (AvgIpc) is 2.37. The number of alkyl carbamates (subject to hydrolysis) is 1. The Labute approximate surface area is 126 Å². The molecule has 0 radical (unpaired) electrons. The van der Waals surface area contributed by atoms with Crippen LogP contribution in [0.1, 0.15) is 31.9 Å². The summed E-state index contributed by atoms with van der Waals surface area (Å²) in [5.74, 6) is 1.60. The molecule has 0 aliphatic rings. The molecule has 0 aliphatic heterocycles. The van der Waals surface area contributed by atoms with Crippen molar-refractivity contribution in [3.63, 3.8) is 0 Å². The number of carbonyl (C=O) groups excluding carboxylic acids is 1. The maximum absolute atomic E-state index is 11.6. The van der Waals surface area contributed by atoms with E-state index in [1.54, 1.807) is 14.2 Å². The van der Waals surface area contributed by atoms with Crippen LogP contribution in [0.4, 0.5) is 4.79 Å². The van der Waals surface area contributed by atoms with Crippen LogP contribution >= 0.6 is 0 Å². The van der Waals surface area contributed by atoms with E-state index in [1.807, 2.05) is 39.8 Å². The summed E-state index contributed by atoms with van der Waals surface area (Å²) >= 11 is 0. The van der Waals surface area contributed by atoms with Crippen molar-refractivity contribution in [1.29, 1.82) is 0 Å². The van der Waals surface area contributed by atoms with Crippen LogP contribution in [0.2, 0.25) is 0 Å². The Morgan fingerprint density at radius 2 is 1.76 bits per heavy atom. The van der Waals surface area contributed by atoms with Gasteiger partial charge in [0.1, 0.15) is 17.1 Å². The number of amides is 1. The Kier molecular flexibility index (Phi) is 5.88. The smallest absolute Gasteiger partial charge is 0.407 e. The van der Waals surface area contributed by atoms with Gasteiger partial charge >= 0.3 is 6.09 Å². The molecule has 1 N–H and O–H groups in total. The minimum atomic E-state index is -0.491. The molecule has 1 aromatic carbocycles. The minimum Gasteiger partial charge on any atom is -0.496 e. The zero-order chi connectivity index (χ0) is 16.0. The van der Waals surface area contributed by atoms with Gasteiger partial charge in [-0.25, -0.2) is 4.79 Å². The lowest BCUT2D eigenvalue weighted by Crippen LogP contribution is -2.33. The van der Waals surface area contributed by atoms with E-state index in [2.05, 4.69) is 5.32 Å². The van der Waals surface area contributed by atoms with Crippen LogP contribution in [0.25, 0.3) is 0 Å². The first kappa shape index (κ1) is 17.1. The molecular formula is C16H25NO4. The molecule has 5 nitrogen and oxygen atoms in total. The number of benzene rings is 1. The highest BCUT2D eigenvalue weighted by molar-refractivity contribution is 5.67. The Bertz CT molecular complexity index is 492. The number of methoxy groups -OCH3 is 2. The minimum absolute atomic E-state index is 0.416. The molecule has 1 rings (SSSR count). The van der Waals surface area contributed by atoms with Gasteiger partial charge in [-0.2, -0.15) is 0 Å². The van der Waals surface area contributed by atoms with Gasteiger partial charge in [-0.3, -0.25) is 0 Å². The maximum Gasteiger partial charge on any atom is 0.407 e. The van der Waals surface area contributed by atoms with E-state index in [-0.39, 0.29) is 0 Å². The zero-order valence-corrected chi connectivity index (χ0v) is 13.7. The van der Waals surface area contributed by atoms with E-state index in [0.717, 1.165) is 22.6 Å². The van der Waals surface area contributed by atoms with Crippen LogP contribution in [0.5, 0.6) is 11.5 Å². The molecule has 0 bridgehead atoms. The standard InChI is InChI=1S/C16H25NO4/c1-11-9-14(20-6)12(10-13(11)19-5)7-8-17-15(18)21-16(2,3)4/h9-10H,7-8H2,1-6H3,(H,17,18). The molecule has 0 heterocycles. The predicted octanol–water partition coefficient (Wildman–Crippen LogP) is 3.08. The van der Waals surface area contributed by atoms with E-state index >= 15 is 0 Å². The van der Waals surface area contributed by atoms with Crippen molar-refractivity contribution < 1.29 is 19.0 Å². The van der Waals surface area contributed by atoms with Gasteiger partial charge in [-0.15, -0.1) is 0 Å². The average molecular weight is 295 g/mol. The predicted molar refractivity (Wildman–Crippen MR) is 82.2 cm³/mol. The zero-order valence-electron chi connectivity index (χ0n) is 13.7. The number of ether oxygens (including phenoxy) is 3. The van der Waals surface area contributed by atoms with E-state index < -0.39 is 11.7 Å². The topological polar surface area (TPSA) is 56.8 Å². The number of hydrogen-bond donors (Lipinski definition) is 1. The molecule has 0 spiro atoms. The monoisotopic (exact) mass is 295 g/mol. The van der Waals surface area contributed by atoms with Gasteiger partial charge in [0.05, 0.1) is 14.2 Å². The Morgan fingerprint density at radius 3 is 2.29 bits per heavy atom. The third-order valence-corrected chi connectivity index (χ3v) is 2.86. The second-order valence-electron chi connectivity index (χ2n) is 5.81. The molecule has 0 saturated heterocycles. The lowest BCUT2D eigenvalue weighted by Gasteiger charge is -2.20. The third kappa shape index (κ3) is 5.53. The fourth-order valence-corrected chi connectivity index (χ4v) is 1.92. The molecular weight excluding hydrogens is 270 g/mol. The van der Waals surface area contributed by atoms with Crippen LogP contribution in [-0.2, 0) is 11.2 Å². The second-order valence-corrected chi connectivity index (χ2v) is 5.81. The Hall–Kier alpha value is -1.91. The van der Waals surface area contributed by atoms with Crippen molar-refractivity contribution in [2.75, 3.05) is 20.8 Å². The fourth-order valence-electron chi connectivity index (χ4n) is 1.92. The van der Waals surface area contributed by atoms with Gasteiger partial charge in [-0.1, -0.05) is 0 Å². The number of hydrogen-bond acceptors (Lipinski definition) is 4. The summed E-state index contributed by atoms with van der Waals surface area (Å²) < 4.78 is 15.9. The molecule has 0 aliphatic carbocycles. The highest BCUT2D eigenvalue weighted by atomic mass is 16.6. The molecule has 21 heavy (non-hydrogen) atoms. The first-order valence-corrected chi connectivity index (χ1v) is 6.95. The van der Waals surface area contributed by atoms with Gasteiger partial charge in [0.2, 0.25) is 0 Å². The highest BCUT2D eigenvalue weighted by Gasteiger charge is 2.16. The van der Waals surface area contributed by atoms with Crippen molar-refractivity contribution in [2.24, 2.45) is 0 Å². The lowest BCUT2D eigenvalue weighted by molar-refractivity contribution is 0.0528. The van der Waals surface area contributed by atoms with Gasteiger partial charge in [0.25, 0.3) is 0 Å². The SMILES string of the molecule is COc1cc(CCNC(=O)OC(C)(C)C)c(OC)cc1C. The summed E-state index contributed by atoms with van der Waals surface area (Å²) in [6, 6.07) is 3.87. The molecule has 0 saturated carbocycles. The Morgan fingerprint density at radius 1 is 1.14 bits per heavy atom. The van der Waals surface area contributed by atoms with E-state index in [4.69, 9.17) is 14.2 Å². The van der Waals surface area contributed by atoms with Crippen molar-refractivity contribution in [3.8, 4) is 11.5 Å². The molecule has 0 fully saturated rings. The van der Waals surface area contributed by atoms with Gasteiger partial charge in [0, 0.05) is 6.54 Å². The lowest BCUT2D eigenvalue weighted by atomic mass is 10.1. The summed E-state index contributed by atoms with van der Waals surface area (Å²) in [6.07, 6.45) is 0.222. The Balaban J connectivity index is 2.65. The second kappa shape index (κ2) is 7.20.